The van der Waals surface area contributed by atoms with Gasteiger partial charge in [-0.1, -0.05) is 27.7 Å². The zero-order valence-corrected chi connectivity index (χ0v) is 15.9. The van der Waals surface area contributed by atoms with Gasteiger partial charge < -0.3 is 16.2 Å². The Labute approximate surface area is 150 Å². The number of hydrogen-bond acceptors (Lipinski definition) is 5. The van der Waals surface area contributed by atoms with Gasteiger partial charge in [-0.05, 0) is 37.0 Å². The summed E-state index contributed by atoms with van der Waals surface area (Å²) in [6, 6.07) is -0.836. The average molecular weight is 352 g/mol. The quantitative estimate of drug-likeness (QED) is 0.334. The summed E-state index contributed by atoms with van der Waals surface area (Å²) < 4.78 is 0. The molecule has 0 aliphatic heterocycles. The molecule has 1 aliphatic rings. The molecule has 1 saturated carbocycles. The lowest BCUT2D eigenvalue weighted by Gasteiger charge is -2.30. The number of nitrogens with two attached hydrogens (primary N) is 1. The van der Waals surface area contributed by atoms with Crippen LogP contribution in [0.5, 0.6) is 0 Å². The molecule has 0 aromatic heterocycles. The number of nitrogens with one attached hydrogen (secondary N) is 1. The van der Waals surface area contributed by atoms with E-state index in [0.29, 0.717) is 50.1 Å². The molecular formula is C19H32N2O4. The second-order valence-corrected chi connectivity index (χ2v) is 8.18. The van der Waals surface area contributed by atoms with E-state index >= 15 is 0 Å². The van der Waals surface area contributed by atoms with Gasteiger partial charge in [0.05, 0.1) is 5.57 Å². The van der Waals surface area contributed by atoms with E-state index in [-0.39, 0.29) is 17.0 Å². The van der Waals surface area contributed by atoms with Crippen LogP contribution in [-0.2, 0) is 14.4 Å². The van der Waals surface area contributed by atoms with E-state index in [9.17, 15) is 14.4 Å². The zero-order chi connectivity index (χ0) is 19.2. The maximum absolute atomic E-state index is 12.5. The van der Waals surface area contributed by atoms with E-state index in [0.717, 1.165) is 12.1 Å². The number of unbranched alkanes of at least 4 members (excludes halogenated alkanes) is 1. The standard InChI is InChI=1S/C19H32N2O4/c1-12(2)9-14(21-8-6-5-7-13(20)18(24)25)17-15(22)10-19(3,4)11-16(17)23/h12-13,21H,5-11,20H2,1-4H3,(H,24,25)/t13-/m0/s1. The smallest absolute Gasteiger partial charge is 0.320 e. The number of allylic oxidation sites excluding steroid dienone is 2. The van der Waals surface area contributed by atoms with Crippen molar-refractivity contribution < 1.29 is 19.5 Å². The van der Waals surface area contributed by atoms with Crippen LogP contribution >= 0.6 is 0 Å². The van der Waals surface area contributed by atoms with Crippen molar-refractivity contribution in [3.05, 3.63) is 11.3 Å². The molecular weight excluding hydrogens is 320 g/mol. The molecule has 0 unspecified atom stereocenters. The number of ketones is 2. The van der Waals surface area contributed by atoms with Crippen LogP contribution in [0.4, 0.5) is 0 Å². The number of aliphatic carboxylic acids is 1. The molecule has 1 rings (SSSR count). The fourth-order valence-electron chi connectivity index (χ4n) is 3.12. The third-order valence-electron chi connectivity index (χ3n) is 4.35. The van der Waals surface area contributed by atoms with Crippen molar-refractivity contribution >= 4 is 17.5 Å². The van der Waals surface area contributed by atoms with Crippen LogP contribution in [-0.4, -0.2) is 35.2 Å². The third-order valence-corrected chi connectivity index (χ3v) is 4.35. The Morgan fingerprint density at radius 2 is 1.76 bits per heavy atom. The van der Waals surface area contributed by atoms with Crippen LogP contribution in [0.3, 0.4) is 0 Å². The zero-order valence-electron chi connectivity index (χ0n) is 15.9. The van der Waals surface area contributed by atoms with Crippen molar-refractivity contribution in [2.24, 2.45) is 17.1 Å². The summed E-state index contributed by atoms with van der Waals surface area (Å²) in [7, 11) is 0. The first-order valence-corrected chi connectivity index (χ1v) is 9.05. The Balaban J connectivity index is 2.72. The molecule has 0 saturated heterocycles. The van der Waals surface area contributed by atoms with Gasteiger partial charge in [-0.15, -0.1) is 0 Å². The number of rotatable bonds is 9. The highest BCUT2D eigenvalue weighted by molar-refractivity contribution is 6.22. The van der Waals surface area contributed by atoms with Crippen molar-refractivity contribution in [2.45, 2.75) is 72.3 Å². The number of carbonyl (C=O) groups excluding carboxylic acids is 2. The van der Waals surface area contributed by atoms with E-state index in [4.69, 9.17) is 10.8 Å². The van der Waals surface area contributed by atoms with E-state index in [1.54, 1.807) is 0 Å². The van der Waals surface area contributed by atoms with E-state index in [2.05, 4.69) is 19.2 Å². The first-order valence-electron chi connectivity index (χ1n) is 9.05. The maximum Gasteiger partial charge on any atom is 0.320 e. The highest BCUT2D eigenvalue weighted by Gasteiger charge is 2.37. The van der Waals surface area contributed by atoms with Gasteiger partial charge >= 0.3 is 5.97 Å². The molecule has 0 radical (unpaired) electrons. The molecule has 1 aliphatic carbocycles. The molecule has 1 atom stereocenters. The van der Waals surface area contributed by atoms with Crippen LogP contribution in [0.1, 0.15) is 66.2 Å². The maximum atomic E-state index is 12.5. The molecule has 0 amide bonds. The minimum atomic E-state index is -0.989. The topological polar surface area (TPSA) is 109 Å². The van der Waals surface area contributed by atoms with E-state index < -0.39 is 12.0 Å². The molecule has 6 heteroatoms. The van der Waals surface area contributed by atoms with E-state index in [1.165, 1.54) is 0 Å². The molecule has 4 N–H and O–H groups in total. The third kappa shape index (κ3) is 6.98. The number of carboxylic acid groups (broad SMARTS) is 1. The molecule has 25 heavy (non-hydrogen) atoms. The predicted octanol–water partition coefficient (Wildman–Crippen LogP) is 2.42. The first-order chi connectivity index (χ1) is 11.5. The van der Waals surface area contributed by atoms with Gasteiger partial charge in [0.1, 0.15) is 6.04 Å². The molecule has 0 aromatic rings. The summed E-state index contributed by atoms with van der Waals surface area (Å²) >= 11 is 0. The number of carboxylic acids is 1. The summed E-state index contributed by atoms with van der Waals surface area (Å²) in [6.45, 7) is 8.59. The van der Waals surface area contributed by atoms with Crippen molar-refractivity contribution in [3.8, 4) is 0 Å². The Morgan fingerprint density at radius 3 is 2.24 bits per heavy atom. The number of carbonyl (C=O) groups is 3. The molecule has 6 nitrogen and oxygen atoms in total. The average Bonchev–Trinajstić information content (AvgIpc) is 2.43. The number of Topliss-reactive ketones (excluding diaryl/α,β-unsaturated/α-hetero) is 2. The molecule has 1 fully saturated rings. The summed E-state index contributed by atoms with van der Waals surface area (Å²) in [4.78, 5) is 35.7. The van der Waals surface area contributed by atoms with Gasteiger partial charge in [-0.25, -0.2) is 0 Å². The molecule has 0 spiro atoms. The molecule has 0 bridgehead atoms. The minimum absolute atomic E-state index is 0.0719. The van der Waals surface area contributed by atoms with Crippen molar-refractivity contribution in [1.29, 1.82) is 0 Å². The molecule has 0 heterocycles. The van der Waals surface area contributed by atoms with Crippen molar-refractivity contribution in [1.82, 2.24) is 5.32 Å². The van der Waals surface area contributed by atoms with Gasteiger partial charge in [0, 0.05) is 25.1 Å². The Bertz CT molecular complexity index is 528. The predicted molar refractivity (Wildman–Crippen MR) is 97.0 cm³/mol. The second kappa shape index (κ2) is 9.13. The van der Waals surface area contributed by atoms with Gasteiger partial charge in [-0.3, -0.25) is 14.4 Å². The van der Waals surface area contributed by atoms with Crippen molar-refractivity contribution in [2.75, 3.05) is 6.54 Å². The fourth-order valence-corrected chi connectivity index (χ4v) is 3.12. The lowest BCUT2D eigenvalue weighted by atomic mass is 9.73. The van der Waals surface area contributed by atoms with Gasteiger partial charge in [0.2, 0.25) is 0 Å². The Hall–Kier alpha value is -1.69. The minimum Gasteiger partial charge on any atom is -0.480 e. The summed E-state index contributed by atoms with van der Waals surface area (Å²) in [5.74, 6) is -0.808. The van der Waals surface area contributed by atoms with Gasteiger partial charge in [-0.2, -0.15) is 0 Å². The Kier molecular flexibility index (Phi) is 7.80. The lowest BCUT2D eigenvalue weighted by molar-refractivity contribution is -0.138. The van der Waals surface area contributed by atoms with Crippen LogP contribution in [0.25, 0.3) is 0 Å². The monoisotopic (exact) mass is 352 g/mol. The van der Waals surface area contributed by atoms with Crippen LogP contribution in [0.2, 0.25) is 0 Å². The lowest BCUT2D eigenvalue weighted by Crippen LogP contribution is -2.35. The fraction of sp³-hybridized carbons (Fsp3) is 0.737. The molecule has 0 aromatic carbocycles. The first kappa shape index (κ1) is 21.4. The largest absolute Gasteiger partial charge is 0.480 e. The van der Waals surface area contributed by atoms with Crippen LogP contribution < -0.4 is 11.1 Å². The van der Waals surface area contributed by atoms with Crippen molar-refractivity contribution in [3.63, 3.8) is 0 Å². The second-order valence-electron chi connectivity index (χ2n) is 8.18. The van der Waals surface area contributed by atoms with E-state index in [1.807, 2.05) is 13.8 Å². The van der Waals surface area contributed by atoms with Crippen LogP contribution in [0, 0.1) is 11.3 Å². The number of hydrogen-bond donors (Lipinski definition) is 3. The summed E-state index contributed by atoms with van der Waals surface area (Å²) in [6.07, 6.45) is 3.28. The van der Waals surface area contributed by atoms with Gasteiger partial charge in [0.15, 0.2) is 11.6 Å². The normalized spacial score (nSPS) is 18.4. The molecule has 142 valence electrons. The Morgan fingerprint density at radius 1 is 1.20 bits per heavy atom. The summed E-state index contributed by atoms with van der Waals surface area (Å²) in [5.41, 5.74) is 6.30. The highest BCUT2D eigenvalue weighted by atomic mass is 16.4. The highest BCUT2D eigenvalue weighted by Crippen LogP contribution is 2.35. The summed E-state index contributed by atoms with van der Waals surface area (Å²) in [5, 5.41) is 12.0. The van der Waals surface area contributed by atoms with Crippen LogP contribution in [0.15, 0.2) is 11.3 Å². The van der Waals surface area contributed by atoms with Gasteiger partial charge in [0.25, 0.3) is 0 Å². The SMILES string of the molecule is CC(C)CC(NCCCC[C@H](N)C(=O)O)=C1C(=O)CC(C)(C)CC1=O.